The molecule has 1 aliphatic rings. The maximum absolute atomic E-state index is 12.5. The number of nitrogens with one attached hydrogen (secondary N) is 2. The zero-order chi connectivity index (χ0) is 21.4. The number of fused-ring (bicyclic) bond motifs is 1. The molecular formula is C20H22N6O4. The van der Waals surface area contributed by atoms with Gasteiger partial charge < -0.3 is 15.2 Å². The molecule has 0 spiro atoms. The Morgan fingerprint density at radius 3 is 2.60 bits per heavy atom. The van der Waals surface area contributed by atoms with E-state index in [0.717, 1.165) is 17.4 Å². The third kappa shape index (κ3) is 3.63. The quantitative estimate of drug-likeness (QED) is 0.608. The number of hydrogen-bond donors (Lipinski definition) is 2. The number of aryl methyl sites for hydroxylation is 2. The van der Waals surface area contributed by atoms with Crippen LogP contribution in [0.15, 0.2) is 40.2 Å². The predicted molar refractivity (Wildman–Crippen MR) is 110 cm³/mol. The van der Waals surface area contributed by atoms with E-state index in [0.29, 0.717) is 11.3 Å². The second-order valence-corrected chi connectivity index (χ2v) is 7.41. The monoisotopic (exact) mass is 410 g/mol. The van der Waals surface area contributed by atoms with Crippen molar-refractivity contribution in [2.75, 3.05) is 5.32 Å². The molecule has 3 aromatic rings. The van der Waals surface area contributed by atoms with E-state index in [1.807, 2.05) is 0 Å². The number of imidazole rings is 1. The van der Waals surface area contributed by atoms with E-state index in [1.54, 1.807) is 28.8 Å². The fraction of sp³-hybridized carbons (Fsp3) is 0.350. The van der Waals surface area contributed by atoms with Crippen molar-refractivity contribution in [1.82, 2.24) is 24.0 Å². The molecule has 2 aromatic heterocycles. The summed E-state index contributed by atoms with van der Waals surface area (Å²) in [6, 6.07) is 7.06. The molecule has 0 aliphatic heterocycles. The molecule has 10 nitrogen and oxygen atoms in total. The molecule has 30 heavy (non-hydrogen) atoms. The summed E-state index contributed by atoms with van der Waals surface area (Å²) in [4.78, 5) is 53.5. The Bertz CT molecular complexity index is 1260. The van der Waals surface area contributed by atoms with E-state index in [9.17, 15) is 19.2 Å². The van der Waals surface area contributed by atoms with Gasteiger partial charge in [-0.2, -0.15) is 0 Å². The maximum Gasteiger partial charge on any atom is 0.332 e. The Kier molecular flexibility index (Phi) is 4.98. The van der Waals surface area contributed by atoms with E-state index >= 15 is 0 Å². The van der Waals surface area contributed by atoms with Gasteiger partial charge in [-0.1, -0.05) is 12.1 Å². The van der Waals surface area contributed by atoms with E-state index in [2.05, 4.69) is 15.6 Å². The SMILES string of the molecule is Cn1c(=O)c2c(ncn2CCC(=O)Nc2ccccc2C(=O)NC2CC2)n(C)c1=O. The maximum atomic E-state index is 12.5. The van der Waals surface area contributed by atoms with Gasteiger partial charge in [0.1, 0.15) is 0 Å². The van der Waals surface area contributed by atoms with Crippen molar-refractivity contribution in [1.29, 1.82) is 0 Å². The number of para-hydroxylation sites is 1. The highest BCUT2D eigenvalue weighted by Gasteiger charge is 2.25. The molecule has 1 aromatic carbocycles. The number of amides is 2. The molecule has 1 aliphatic carbocycles. The van der Waals surface area contributed by atoms with Gasteiger partial charge in [0.2, 0.25) is 5.91 Å². The van der Waals surface area contributed by atoms with Gasteiger partial charge in [-0.05, 0) is 25.0 Å². The number of nitrogens with zero attached hydrogens (tertiary/aromatic N) is 4. The van der Waals surface area contributed by atoms with Crippen LogP contribution in [0.4, 0.5) is 5.69 Å². The third-order valence-corrected chi connectivity index (χ3v) is 5.16. The van der Waals surface area contributed by atoms with Crippen LogP contribution in [0.2, 0.25) is 0 Å². The van der Waals surface area contributed by atoms with E-state index < -0.39 is 11.2 Å². The fourth-order valence-electron chi connectivity index (χ4n) is 3.28. The zero-order valence-electron chi connectivity index (χ0n) is 16.7. The van der Waals surface area contributed by atoms with Crippen molar-refractivity contribution in [3.05, 3.63) is 57.0 Å². The summed E-state index contributed by atoms with van der Waals surface area (Å²) in [7, 11) is 2.94. The van der Waals surface area contributed by atoms with Gasteiger partial charge in [0.05, 0.1) is 17.6 Å². The minimum atomic E-state index is -0.465. The van der Waals surface area contributed by atoms with Crippen LogP contribution in [-0.4, -0.2) is 36.5 Å². The van der Waals surface area contributed by atoms with Crippen LogP contribution in [0, 0.1) is 0 Å². The van der Waals surface area contributed by atoms with Crippen molar-refractivity contribution in [3.63, 3.8) is 0 Å². The first-order valence-corrected chi connectivity index (χ1v) is 9.67. The average Bonchev–Trinajstić information content (AvgIpc) is 3.44. The van der Waals surface area contributed by atoms with Crippen molar-refractivity contribution in [2.45, 2.75) is 31.8 Å². The Morgan fingerprint density at radius 1 is 1.13 bits per heavy atom. The molecule has 1 fully saturated rings. The molecule has 0 saturated heterocycles. The zero-order valence-corrected chi connectivity index (χ0v) is 16.7. The van der Waals surface area contributed by atoms with Crippen LogP contribution in [0.3, 0.4) is 0 Å². The van der Waals surface area contributed by atoms with Gasteiger partial charge >= 0.3 is 5.69 Å². The number of rotatable bonds is 6. The average molecular weight is 410 g/mol. The molecule has 156 valence electrons. The Hall–Kier alpha value is -3.69. The molecule has 0 atom stereocenters. The molecule has 2 heterocycles. The molecule has 2 amide bonds. The van der Waals surface area contributed by atoms with E-state index in [-0.39, 0.29) is 42.0 Å². The predicted octanol–water partition coefficient (Wildman–Crippen LogP) is 0.355. The van der Waals surface area contributed by atoms with Crippen LogP contribution < -0.4 is 21.9 Å². The molecule has 0 bridgehead atoms. The van der Waals surface area contributed by atoms with Crippen LogP contribution in [0.1, 0.15) is 29.6 Å². The van der Waals surface area contributed by atoms with Gasteiger partial charge in [0.15, 0.2) is 11.2 Å². The number of carbonyl (C=O) groups excluding carboxylic acids is 2. The second-order valence-electron chi connectivity index (χ2n) is 7.41. The number of benzene rings is 1. The Balaban J connectivity index is 1.50. The Labute approximate surface area is 171 Å². The standard InChI is InChI=1S/C20H22N6O4/c1-24-17-16(19(29)25(2)20(24)30)26(11-21-17)10-9-15(27)23-14-6-4-3-5-13(14)18(28)22-12-7-8-12/h3-6,11-12H,7-10H2,1-2H3,(H,22,28)(H,23,27). The minimum absolute atomic E-state index is 0.0655. The lowest BCUT2D eigenvalue weighted by Gasteiger charge is -2.11. The minimum Gasteiger partial charge on any atom is -0.349 e. The van der Waals surface area contributed by atoms with Crippen LogP contribution >= 0.6 is 0 Å². The molecule has 2 N–H and O–H groups in total. The van der Waals surface area contributed by atoms with Gasteiger partial charge in [-0.25, -0.2) is 9.78 Å². The van der Waals surface area contributed by atoms with Gasteiger partial charge in [-0.3, -0.25) is 23.5 Å². The van der Waals surface area contributed by atoms with Crippen LogP contribution in [0.25, 0.3) is 11.2 Å². The number of hydrogen-bond acceptors (Lipinski definition) is 5. The van der Waals surface area contributed by atoms with Gasteiger partial charge in [0.25, 0.3) is 11.5 Å². The summed E-state index contributed by atoms with van der Waals surface area (Å²) in [5.41, 5.74) is 0.455. The van der Waals surface area contributed by atoms with Crippen molar-refractivity contribution in [3.8, 4) is 0 Å². The van der Waals surface area contributed by atoms with Crippen molar-refractivity contribution < 1.29 is 9.59 Å². The molecule has 4 rings (SSSR count). The van der Waals surface area contributed by atoms with Crippen LogP contribution in [0.5, 0.6) is 0 Å². The number of carbonyl (C=O) groups is 2. The molecule has 10 heteroatoms. The summed E-state index contributed by atoms with van der Waals surface area (Å²) in [6.45, 7) is 0.201. The highest BCUT2D eigenvalue weighted by Crippen LogP contribution is 2.21. The van der Waals surface area contributed by atoms with Crippen molar-refractivity contribution in [2.24, 2.45) is 14.1 Å². The summed E-state index contributed by atoms with van der Waals surface area (Å²) in [6.07, 6.45) is 3.46. The second kappa shape index (κ2) is 7.62. The van der Waals surface area contributed by atoms with Crippen molar-refractivity contribution >= 4 is 28.7 Å². The Morgan fingerprint density at radius 2 is 1.87 bits per heavy atom. The summed E-state index contributed by atoms with van der Waals surface area (Å²) < 4.78 is 3.86. The lowest BCUT2D eigenvalue weighted by Crippen LogP contribution is -2.37. The first-order valence-electron chi connectivity index (χ1n) is 9.67. The molecule has 1 saturated carbocycles. The molecule has 0 radical (unpaired) electrons. The first-order chi connectivity index (χ1) is 14.4. The summed E-state index contributed by atoms with van der Waals surface area (Å²) in [5, 5.41) is 5.68. The highest BCUT2D eigenvalue weighted by atomic mass is 16.2. The topological polar surface area (TPSA) is 120 Å². The highest BCUT2D eigenvalue weighted by molar-refractivity contribution is 6.03. The van der Waals surface area contributed by atoms with Crippen LogP contribution in [-0.2, 0) is 25.4 Å². The first kappa shape index (κ1) is 19.6. The lowest BCUT2D eigenvalue weighted by atomic mass is 10.1. The fourth-order valence-corrected chi connectivity index (χ4v) is 3.28. The molecule has 0 unspecified atom stereocenters. The number of anilines is 1. The lowest BCUT2D eigenvalue weighted by molar-refractivity contribution is -0.116. The number of aromatic nitrogens is 4. The van der Waals surface area contributed by atoms with E-state index in [1.165, 1.54) is 25.0 Å². The van der Waals surface area contributed by atoms with Gasteiger partial charge in [-0.15, -0.1) is 0 Å². The summed E-state index contributed by atoms with van der Waals surface area (Å²) in [5.74, 6) is -0.511. The summed E-state index contributed by atoms with van der Waals surface area (Å²) >= 11 is 0. The normalized spacial score (nSPS) is 13.4. The third-order valence-electron chi connectivity index (χ3n) is 5.16. The smallest absolute Gasteiger partial charge is 0.332 e. The van der Waals surface area contributed by atoms with Gasteiger partial charge in [0, 0.05) is 33.1 Å². The molecular weight excluding hydrogens is 388 g/mol. The largest absolute Gasteiger partial charge is 0.349 e. The van der Waals surface area contributed by atoms with E-state index in [4.69, 9.17) is 0 Å².